The molecule has 0 aromatic carbocycles. The molecule has 0 bridgehead atoms. The summed E-state index contributed by atoms with van der Waals surface area (Å²) >= 11 is 0. The van der Waals surface area contributed by atoms with Crippen LogP contribution in [0.5, 0.6) is 0 Å². The van der Waals surface area contributed by atoms with E-state index in [1.807, 2.05) is 0 Å². The predicted octanol–water partition coefficient (Wildman–Crippen LogP) is -0.391. The van der Waals surface area contributed by atoms with Crippen molar-refractivity contribution in [3.8, 4) is 0 Å². The van der Waals surface area contributed by atoms with Crippen LogP contribution in [0, 0.1) is 0 Å². The van der Waals surface area contributed by atoms with E-state index in [1.165, 1.54) is 0 Å². The Hall–Kier alpha value is -0.650. The monoisotopic (exact) mass is 229 g/mol. The number of amides is 1. The van der Waals surface area contributed by atoms with Gasteiger partial charge in [-0.2, -0.15) is 0 Å². The van der Waals surface area contributed by atoms with Gasteiger partial charge >= 0.3 is 0 Å². The van der Waals surface area contributed by atoms with Crippen molar-refractivity contribution in [2.24, 2.45) is 5.73 Å². The Kier molecular flexibility index (Phi) is 6.37. The van der Waals surface area contributed by atoms with Crippen LogP contribution in [0.4, 0.5) is 0 Å². The standard InChI is InChI=1S/C11H23N3O2/c1-16-7-6-14-11(15)4-5-13-10-3-2-9(12)8-10/h9-10,13H,2-8,12H2,1H3,(H,14,15). The van der Waals surface area contributed by atoms with Crippen molar-refractivity contribution in [2.45, 2.75) is 37.8 Å². The Morgan fingerprint density at radius 1 is 1.44 bits per heavy atom. The Balaban J connectivity index is 1.96. The molecule has 1 saturated carbocycles. The van der Waals surface area contributed by atoms with Gasteiger partial charge in [-0.1, -0.05) is 0 Å². The topological polar surface area (TPSA) is 76.4 Å². The summed E-state index contributed by atoms with van der Waals surface area (Å²) in [7, 11) is 1.62. The number of nitrogens with one attached hydrogen (secondary N) is 2. The Morgan fingerprint density at radius 3 is 2.88 bits per heavy atom. The van der Waals surface area contributed by atoms with E-state index in [0.717, 1.165) is 25.8 Å². The Labute approximate surface area is 97.1 Å². The van der Waals surface area contributed by atoms with Crippen LogP contribution >= 0.6 is 0 Å². The largest absolute Gasteiger partial charge is 0.383 e. The maximum absolute atomic E-state index is 11.3. The molecule has 2 unspecified atom stereocenters. The van der Waals surface area contributed by atoms with Crippen LogP contribution in [0.3, 0.4) is 0 Å². The van der Waals surface area contributed by atoms with Gasteiger partial charge in [0.1, 0.15) is 0 Å². The molecule has 5 heteroatoms. The summed E-state index contributed by atoms with van der Waals surface area (Å²) in [5.41, 5.74) is 5.80. The first kappa shape index (κ1) is 13.4. The van der Waals surface area contributed by atoms with Crippen LogP contribution in [-0.4, -0.2) is 44.8 Å². The van der Waals surface area contributed by atoms with Gasteiger partial charge < -0.3 is 21.1 Å². The molecule has 2 atom stereocenters. The lowest BCUT2D eigenvalue weighted by atomic mass is 10.2. The van der Waals surface area contributed by atoms with E-state index >= 15 is 0 Å². The first-order chi connectivity index (χ1) is 7.72. The van der Waals surface area contributed by atoms with Crippen molar-refractivity contribution in [1.29, 1.82) is 0 Å². The summed E-state index contributed by atoms with van der Waals surface area (Å²) in [6, 6.07) is 0.842. The number of methoxy groups -OCH3 is 1. The number of ether oxygens (including phenoxy) is 1. The zero-order chi connectivity index (χ0) is 11.8. The molecule has 0 radical (unpaired) electrons. The van der Waals surface area contributed by atoms with Gasteiger partial charge in [0.15, 0.2) is 0 Å². The van der Waals surface area contributed by atoms with Crippen LogP contribution in [0.1, 0.15) is 25.7 Å². The van der Waals surface area contributed by atoms with Crippen molar-refractivity contribution in [3.05, 3.63) is 0 Å². The molecule has 0 spiro atoms. The molecule has 0 saturated heterocycles. The summed E-state index contributed by atoms with van der Waals surface area (Å²) in [5.74, 6) is 0.0758. The first-order valence-corrected chi connectivity index (χ1v) is 5.97. The minimum absolute atomic E-state index is 0.0758. The van der Waals surface area contributed by atoms with E-state index in [-0.39, 0.29) is 5.91 Å². The van der Waals surface area contributed by atoms with Gasteiger partial charge in [0.05, 0.1) is 6.61 Å². The number of hydrogen-bond donors (Lipinski definition) is 3. The molecule has 1 aliphatic rings. The molecule has 0 aromatic rings. The van der Waals surface area contributed by atoms with E-state index in [4.69, 9.17) is 10.5 Å². The van der Waals surface area contributed by atoms with Crippen LogP contribution in [0.2, 0.25) is 0 Å². The van der Waals surface area contributed by atoms with E-state index < -0.39 is 0 Å². The SMILES string of the molecule is COCCNC(=O)CCNC1CCC(N)C1. The molecule has 1 amide bonds. The molecule has 1 rings (SSSR count). The molecule has 4 N–H and O–H groups in total. The van der Waals surface area contributed by atoms with E-state index in [0.29, 0.717) is 31.7 Å². The summed E-state index contributed by atoms with van der Waals surface area (Å²) < 4.78 is 4.85. The number of hydrogen-bond acceptors (Lipinski definition) is 4. The number of rotatable bonds is 7. The molecule has 1 aliphatic carbocycles. The number of carbonyl (C=O) groups is 1. The van der Waals surface area contributed by atoms with E-state index in [2.05, 4.69) is 10.6 Å². The van der Waals surface area contributed by atoms with Gasteiger partial charge in [-0.3, -0.25) is 4.79 Å². The highest BCUT2D eigenvalue weighted by molar-refractivity contribution is 5.76. The number of carbonyl (C=O) groups excluding carboxylic acids is 1. The Bertz CT molecular complexity index is 211. The summed E-state index contributed by atoms with van der Waals surface area (Å²) in [4.78, 5) is 11.3. The van der Waals surface area contributed by atoms with Gasteiger partial charge in [0, 0.05) is 38.7 Å². The van der Waals surface area contributed by atoms with Gasteiger partial charge in [-0.15, -0.1) is 0 Å². The third-order valence-corrected chi connectivity index (χ3v) is 2.89. The van der Waals surface area contributed by atoms with Crippen molar-refractivity contribution in [3.63, 3.8) is 0 Å². The molecule has 16 heavy (non-hydrogen) atoms. The first-order valence-electron chi connectivity index (χ1n) is 5.97. The summed E-state index contributed by atoms with van der Waals surface area (Å²) in [6.07, 6.45) is 3.78. The third kappa shape index (κ3) is 5.44. The molecule has 0 heterocycles. The lowest BCUT2D eigenvalue weighted by Crippen LogP contribution is -2.34. The fourth-order valence-electron chi connectivity index (χ4n) is 1.97. The maximum Gasteiger partial charge on any atom is 0.221 e. The average molecular weight is 229 g/mol. The van der Waals surface area contributed by atoms with Crippen LogP contribution in [0.25, 0.3) is 0 Å². The smallest absolute Gasteiger partial charge is 0.221 e. The maximum atomic E-state index is 11.3. The normalized spacial score (nSPS) is 24.6. The van der Waals surface area contributed by atoms with Crippen molar-refractivity contribution in [2.75, 3.05) is 26.8 Å². The highest BCUT2D eigenvalue weighted by Gasteiger charge is 2.20. The van der Waals surface area contributed by atoms with E-state index in [1.54, 1.807) is 7.11 Å². The quantitative estimate of drug-likeness (QED) is 0.520. The zero-order valence-electron chi connectivity index (χ0n) is 10.00. The molecule has 0 aromatic heterocycles. The second kappa shape index (κ2) is 7.60. The molecule has 5 nitrogen and oxygen atoms in total. The Morgan fingerprint density at radius 2 is 2.25 bits per heavy atom. The molecular weight excluding hydrogens is 206 g/mol. The summed E-state index contributed by atoms with van der Waals surface area (Å²) in [6.45, 7) is 1.89. The van der Waals surface area contributed by atoms with Crippen LogP contribution < -0.4 is 16.4 Å². The van der Waals surface area contributed by atoms with Crippen molar-refractivity contribution < 1.29 is 9.53 Å². The molecule has 1 fully saturated rings. The minimum atomic E-state index is 0.0758. The highest BCUT2D eigenvalue weighted by atomic mass is 16.5. The highest BCUT2D eigenvalue weighted by Crippen LogP contribution is 2.16. The number of nitrogens with two attached hydrogens (primary N) is 1. The minimum Gasteiger partial charge on any atom is -0.383 e. The van der Waals surface area contributed by atoms with Crippen LogP contribution in [-0.2, 0) is 9.53 Å². The van der Waals surface area contributed by atoms with E-state index in [9.17, 15) is 4.79 Å². The third-order valence-electron chi connectivity index (χ3n) is 2.89. The predicted molar refractivity (Wildman–Crippen MR) is 63.1 cm³/mol. The van der Waals surface area contributed by atoms with Gasteiger partial charge in [-0.25, -0.2) is 0 Å². The van der Waals surface area contributed by atoms with Gasteiger partial charge in [0.2, 0.25) is 5.91 Å². The molecule has 0 aliphatic heterocycles. The molecule has 94 valence electrons. The summed E-state index contributed by atoms with van der Waals surface area (Å²) in [5, 5.41) is 6.15. The lowest BCUT2D eigenvalue weighted by molar-refractivity contribution is -0.121. The molecular formula is C11H23N3O2. The van der Waals surface area contributed by atoms with Crippen LogP contribution in [0.15, 0.2) is 0 Å². The lowest BCUT2D eigenvalue weighted by Gasteiger charge is -2.11. The zero-order valence-corrected chi connectivity index (χ0v) is 10.00. The van der Waals surface area contributed by atoms with Crippen molar-refractivity contribution in [1.82, 2.24) is 10.6 Å². The van der Waals surface area contributed by atoms with Crippen molar-refractivity contribution >= 4 is 5.91 Å². The second-order valence-corrected chi connectivity index (χ2v) is 4.32. The second-order valence-electron chi connectivity index (χ2n) is 4.32. The average Bonchev–Trinajstić information content (AvgIpc) is 2.65. The fourth-order valence-corrected chi connectivity index (χ4v) is 1.97. The van der Waals surface area contributed by atoms with Gasteiger partial charge in [-0.05, 0) is 19.3 Å². The fraction of sp³-hybridized carbons (Fsp3) is 0.909. The van der Waals surface area contributed by atoms with Gasteiger partial charge in [0.25, 0.3) is 0 Å².